The fourth-order valence-electron chi connectivity index (χ4n) is 2.47. The summed E-state index contributed by atoms with van der Waals surface area (Å²) in [6, 6.07) is 17.0. The first-order valence-electron chi connectivity index (χ1n) is 7.08. The number of nitro groups is 1. The SMILES string of the molecule is O=C(O)Nc1ccc(Nc2ccc3ccccc3c2[N+](=O)[O-])cc1. The van der Waals surface area contributed by atoms with Gasteiger partial charge in [-0.3, -0.25) is 15.4 Å². The van der Waals surface area contributed by atoms with Crippen LogP contribution in [0.3, 0.4) is 0 Å². The Balaban J connectivity index is 1.96. The van der Waals surface area contributed by atoms with Crippen LogP contribution in [0.25, 0.3) is 10.8 Å². The Morgan fingerprint density at radius 3 is 2.29 bits per heavy atom. The van der Waals surface area contributed by atoms with Gasteiger partial charge in [-0.05, 0) is 41.8 Å². The predicted molar refractivity (Wildman–Crippen MR) is 92.0 cm³/mol. The minimum Gasteiger partial charge on any atom is -0.465 e. The smallest absolute Gasteiger partial charge is 0.409 e. The van der Waals surface area contributed by atoms with E-state index >= 15 is 0 Å². The lowest BCUT2D eigenvalue weighted by molar-refractivity contribution is -0.382. The molecule has 0 spiro atoms. The van der Waals surface area contributed by atoms with E-state index in [4.69, 9.17) is 5.11 Å². The van der Waals surface area contributed by atoms with Gasteiger partial charge in [0.25, 0.3) is 5.69 Å². The number of nitro benzene ring substituents is 1. The number of fused-ring (bicyclic) bond motifs is 1. The van der Waals surface area contributed by atoms with Crippen LogP contribution < -0.4 is 10.6 Å². The first kappa shape index (κ1) is 15.3. The van der Waals surface area contributed by atoms with Gasteiger partial charge in [-0.15, -0.1) is 0 Å². The highest BCUT2D eigenvalue weighted by Crippen LogP contribution is 2.35. The van der Waals surface area contributed by atoms with Gasteiger partial charge in [0.05, 0.1) is 10.3 Å². The lowest BCUT2D eigenvalue weighted by Crippen LogP contribution is -2.06. The number of hydrogen-bond acceptors (Lipinski definition) is 4. The van der Waals surface area contributed by atoms with Gasteiger partial charge in [-0.25, -0.2) is 4.79 Å². The zero-order valence-corrected chi connectivity index (χ0v) is 12.4. The van der Waals surface area contributed by atoms with Crippen LogP contribution in [0.1, 0.15) is 0 Å². The Hall–Kier alpha value is -3.61. The molecule has 3 N–H and O–H groups in total. The van der Waals surface area contributed by atoms with Crippen molar-refractivity contribution < 1.29 is 14.8 Å². The maximum absolute atomic E-state index is 11.5. The summed E-state index contributed by atoms with van der Waals surface area (Å²) in [6.45, 7) is 0. The van der Waals surface area contributed by atoms with Crippen LogP contribution in [-0.4, -0.2) is 16.1 Å². The summed E-state index contributed by atoms with van der Waals surface area (Å²) in [5.41, 5.74) is 1.41. The molecule has 0 saturated carbocycles. The maximum Gasteiger partial charge on any atom is 0.409 e. The third kappa shape index (κ3) is 3.09. The monoisotopic (exact) mass is 323 g/mol. The summed E-state index contributed by atoms with van der Waals surface area (Å²) in [4.78, 5) is 21.7. The molecular weight excluding hydrogens is 310 g/mol. The summed E-state index contributed by atoms with van der Waals surface area (Å²) in [5, 5.41) is 26.7. The van der Waals surface area contributed by atoms with Crippen LogP contribution in [0.4, 0.5) is 27.5 Å². The topological polar surface area (TPSA) is 104 Å². The molecule has 0 saturated heterocycles. The molecule has 0 bridgehead atoms. The number of anilines is 3. The minimum atomic E-state index is -1.15. The van der Waals surface area contributed by atoms with Gasteiger partial charge >= 0.3 is 6.09 Å². The second kappa shape index (κ2) is 6.25. The first-order valence-corrected chi connectivity index (χ1v) is 7.08. The van der Waals surface area contributed by atoms with E-state index in [9.17, 15) is 14.9 Å². The molecule has 0 radical (unpaired) electrons. The van der Waals surface area contributed by atoms with Crippen molar-refractivity contribution in [2.75, 3.05) is 10.6 Å². The van der Waals surface area contributed by atoms with Gasteiger partial charge in [0.15, 0.2) is 0 Å². The number of hydrogen-bond donors (Lipinski definition) is 3. The lowest BCUT2D eigenvalue weighted by Gasteiger charge is -2.10. The van der Waals surface area contributed by atoms with E-state index in [2.05, 4.69) is 10.6 Å². The number of carboxylic acid groups (broad SMARTS) is 1. The van der Waals surface area contributed by atoms with E-state index in [1.807, 2.05) is 18.2 Å². The van der Waals surface area contributed by atoms with E-state index in [1.54, 1.807) is 42.5 Å². The molecule has 3 rings (SSSR count). The van der Waals surface area contributed by atoms with Crippen LogP contribution in [0.15, 0.2) is 60.7 Å². The summed E-state index contributed by atoms with van der Waals surface area (Å²) in [6.07, 6.45) is -1.15. The molecule has 0 atom stereocenters. The van der Waals surface area contributed by atoms with Crippen LogP contribution >= 0.6 is 0 Å². The number of benzene rings is 3. The van der Waals surface area contributed by atoms with Crippen molar-refractivity contribution >= 4 is 39.6 Å². The van der Waals surface area contributed by atoms with E-state index < -0.39 is 11.0 Å². The van der Waals surface area contributed by atoms with Gasteiger partial charge in [0, 0.05) is 11.4 Å². The number of carbonyl (C=O) groups is 1. The maximum atomic E-state index is 11.5. The quantitative estimate of drug-likeness (QED) is 0.481. The number of nitrogens with zero attached hydrogens (tertiary/aromatic N) is 1. The fourth-order valence-corrected chi connectivity index (χ4v) is 2.47. The number of nitrogens with one attached hydrogen (secondary N) is 2. The Morgan fingerprint density at radius 1 is 0.958 bits per heavy atom. The summed E-state index contributed by atoms with van der Waals surface area (Å²) in [5.74, 6) is 0. The number of rotatable bonds is 4. The molecule has 0 unspecified atom stereocenters. The van der Waals surface area contributed by atoms with E-state index in [0.29, 0.717) is 22.4 Å². The Bertz CT molecular complexity index is 923. The second-order valence-corrected chi connectivity index (χ2v) is 5.07. The standard InChI is InChI=1S/C17H13N3O4/c21-17(22)19-13-8-6-12(7-9-13)18-15-10-5-11-3-1-2-4-14(11)16(15)20(23)24/h1-10,18-19H,(H,21,22). The molecule has 0 aliphatic carbocycles. The highest BCUT2D eigenvalue weighted by Gasteiger charge is 2.18. The van der Waals surface area contributed by atoms with Crippen molar-refractivity contribution in [1.29, 1.82) is 0 Å². The Kier molecular flexibility index (Phi) is 3.98. The Labute approximate surface area is 136 Å². The minimum absolute atomic E-state index is 0.000775. The molecule has 1 amide bonds. The van der Waals surface area contributed by atoms with E-state index in [1.165, 1.54) is 0 Å². The first-order chi connectivity index (χ1) is 11.5. The fraction of sp³-hybridized carbons (Fsp3) is 0. The Morgan fingerprint density at radius 2 is 1.62 bits per heavy atom. The van der Waals surface area contributed by atoms with Gasteiger partial charge in [-0.2, -0.15) is 0 Å². The molecule has 0 heterocycles. The van der Waals surface area contributed by atoms with Crippen LogP contribution in [0, 0.1) is 10.1 Å². The van der Waals surface area contributed by atoms with Crippen molar-refractivity contribution in [2.45, 2.75) is 0 Å². The molecule has 0 aliphatic heterocycles. The third-order valence-corrected chi connectivity index (χ3v) is 3.50. The highest BCUT2D eigenvalue weighted by atomic mass is 16.6. The zero-order valence-electron chi connectivity index (χ0n) is 12.4. The molecule has 24 heavy (non-hydrogen) atoms. The van der Waals surface area contributed by atoms with Crippen LogP contribution in [-0.2, 0) is 0 Å². The normalized spacial score (nSPS) is 10.3. The summed E-state index contributed by atoms with van der Waals surface area (Å²) < 4.78 is 0. The lowest BCUT2D eigenvalue weighted by atomic mass is 10.1. The summed E-state index contributed by atoms with van der Waals surface area (Å²) in [7, 11) is 0. The second-order valence-electron chi connectivity index (χ2n) is 5.07. The van der Waals surface area contributed by atoms with Crippen molar-refractivity contribution in [1.82, 2.24) is 0 Å². The largest absolute Gasteiger partial charge is 0.465 e. The predicted octanol–water partition coefficient (Wildman–Crippen LogP) is 4.58. The van der Waals surface area contributed by atoms with Crippen LogP contribution in [0.2, 0.25) is 0 Å². The molecule has 120 valence electrons. The average molecular weight is 323 g/mol. The van der Waals surface area contributed by atoms with Crippen molar-refractivity contribution in [3.8, 4) is 0 Å². The van der Waals surface area contributed by atoms with Crippen molar-refractivity contribution in [2.24, 2.45) is 0 Å². The highest BCUT2D eigenvalue weighted by molar-refractivity contribution is 5.97. The van der Waals surface area contributed by atoms with E-state index in [0.717, 1.165) is 5.39 Å². The zero-order chi connectivity index (χ0) is 17.1. The number of amides is 1. The van der Waals surface area contributed by atoms with Gasteiger partial charge in [0.1, 0.15) is 5.69 Å². The molecule has 7 nitrogen and oxygen atoms in total. The van der Waals surface area contributed by atoms with E-state index in [-0.39, 0.29) is 5.69 Å². The van der Waals surface area contributed by atoms with Crippen molar-refractivity contribution in [3.63, 3.8) is 0 Å². The summed E-state index contributed by atoms with van der Waals surface area (Å²) >= 11 is 0. The van der Waals surface area contributed by atoms with Gasteiger partial charge < -0.3 is 10.4 Å². The molecule has 3 aromatic rings. The van der Waals surface area contributed by atoms with Gasteiger partial charge in [0.2, 0.25) is 0 Å². The van der Waals surface area contributed by atoms with Crippen LogP contribution in [0.5, 0.6) is 0 Å². The molecule has 0 aromatic heterocycles. The molecule has 0 aliphatic rings. The average Bonchev–Trinajstić information content (AvgIpc) is 2.55. The molecular formula is C17H13N3O4. The van der Waals surface area contributed by atoms with Gasteiger partial charge in [-0.1, -0.05) is 24.3 Å². The van der Waals surface area contributed by atoms with Crippen molar-refractivity contribution in [3.05, 3.63) is 70.8 Å². The third-order valence-electron chi connectivity index (χ3n) is 3.50. The molecule has 7 heteroatoms. The molecule has 0 fully saturated rings. The molecule has 3 aromatic carbocycles.